The Balaban J connectivity index is 1.65. The van der Waals surface area contributed by atoms with E-state index in [0.29, 0.717) is 18.0 Å². The van der Waals surface area contributed by atoms with Crippen LogP contribution in [0.4, 0.5) is 18.9 Å². The molecule has 8 heteroatoms. The molecule has 0 aromatic heterocycles. The Bertz CT molecular complexity index is 700. The molecule has 2 aliphatic heterocycles. The highest BCUT2D eigenvalue weighted by molar-refractivity contribution is 6.01. The van der Waals surface area contributed by atoms with Crippen LogP contribution in [0, 0.1) is 11.8 Å². The van der Waals surface area contributed by atoms with Gasteiger partial charge in [-0.1, -0.05) is 12.1 Å². The molecule has 148 valence electrons. The van der Waals surface area contributed by atoms with Gasteiger partial charge in [0.15, 0.2) is 0 Å². The van der Waals surface area contributed by atoms with Gasteiger partial charge in [-0.3, -0.25) is 9.59 Å². The third-order valence-electron chi connectivity index (χ3n) is 5.20. The van der Waals surface area contributed by atoms with Crippen molar-refractivity contribution in [3.63, 3.8) is 0 Å². The van der Waals surface area contributed by atoms with Crippen molar-refractivity contribution in [3.05, 3.63) is 24.3 Å². The molecule has 0 saturated carbocycles. The van der Waals surface area contributed by atoms with E-state index < -0.39 is 18.0 Å². The number of rotatable bonds is 4. The molecule has 5 nitrogen and oxygen atoms in total. The van der Waals surface area contributed by atoms with Crippen molar-refractivity contribution in [2.45, 2.75) is 32.4 Å². The number of alkyl halides is 3. The molecule has 0 spiro atoms. The maximum Gasteiger partial charge on any atom is 0.391 e. The summed E-state index contributed by atoms with van der Waals surface area (Å²) >= 11 is 0. The van der Waals surface area contributed by atoms with Gasteiger partial charge in [-0.2, -0.15) is 13.2 Å². The van der Waals surface area contributed by atoms with E-state index in [1.54, 1.807) is 18.2 Å². The van der Waals surface area contributed by atoms with E-state index in [-0.39, 0.29) is 50.7 Å². The molecular formula is C19H23F3N2O3. The third kappa shape index (κ3) is 4.20. The first-order valence-electron chi connectivity index (χ1n) is 9.19. The second-order valence-corrected chi connectivity index (χ2v) is 6.95. The summed E-state index contributed by atoms with van der Waals surface area (Å²) in [5.74, 6) is -1.71. The van der Waals surface area contributed by atoms with Crippen LogP contribution < -0.4 is 9.64 Å². The van der Waals surface area contributed by atoms with Crippen molar-refractivity contribution < 1.29 is 27.5 Å². The van der Waals surface area contributed by atoms with E-state index in [2.05, 4.69) is 0 Å². The molecule has 1 atom stereocenters. The second-order valence-electron chi connectivity index (χ2n) is 6.95. The highest BCUT2D eigenvalue weighted by Gasteiger charge is 2.44. The van der Waals surface area contributed by atoms with E-state index >= 15 is 0 Å². The summed E-state index contributed by atoms with van der Waals surface area (Å²) in [7, 11) is 0. The molecule has 2 saturated heterocycles. The zero-order valence-electron chi connectivity index (χ0n) is 15.2. The number of carbonyl (C=O) groups excluding carboxylic acids is 2. The number of nitrogens with zero attached hydrogens (tertiary/aromatic N) is 2. The van der Waals surface area contributed by atoms with Crippen LogP contribution in [0.15, 0.2) is 24.3 Å². The molecule has 1 aromatic rings. The molecule has 2 fully saturated rings. The summed E-state index contributed by atoms with van der Waals surface area (Å²) in [5.41, 5.74) is 0.621. The topological polar surface area (TPSA) is 49.9 Å². The number of ether oxygens (including phenoxy) is 1. The lowest BCUT2D eigenvalue weighted by molar-refractivity contribution is -0.186. The van der Waals surface area contributed by atoms with Gasteiger partial charge in [0.2, 0.25) is 11.8 Å². The molecule has 1 aromatic carbocycles. The fourth-order valence-electron chi connectivity index (χ4n) is 3.75. The standard InChI is InChI=1S/C19H23F3N2O3/c1-2-27-16-6-4-3-5-15(16)24-12-13(11-17(24)25)18(26)23-9-7-14(8-10-23)19(20,21)22/h3-6,13-14H,2,7-12H2,1H3. The molecule has 0 aliphatic carbocycles. The molecule has 0 bridgehead atoms. The van der Waals surface area contributed by atoms with Crippen LogP contribution in [-0.4, -0.2) is 49.1 Å². The summed E-state index contributed by atoms with van der Waals surface area (Å²) in [6, 6.07) is 7.14. The van der Waals surface area contributed by atoms with Crippen LogP contribution in [0.1, 0.15) is 26.2 Å². The molecule has 2 aliphatic rings. The minimum atomic E-state index is -4.21. The van der Waals surface area contributed by atoms with Crippen LogP contribution in [-0.2, 0) is 9.59 Å². The molecular weight excluding hydrogens is 361 g/mol. The Kier molecular flexibility index (Phi) is 5.62. The molecule has 2 amide bonds. The zero-order valence-corrected chi connectivity index (χ0v) is 15.2. The van der Waals surface area contributed by atoms with Gasteiger partial charge < -0.3 is 14.5 Å². The Hall–Kier alpha value is -2.25. The van der Waals surface area contributed by atoms with Gasteiger partial charge in [-0.15, -0.1) is 0 Å². The van der Waals surface area contributed by atoms with E-state index in [0.717, 1.165) is 0 Å². The normalized spacial score (nSPS) is 21.6. The summed E-state index contributed by atoms with van der Waals surface area (Å²) in [6.45, 7) is 2.70. The maximum absolute atomic E-state index is 12.8. The van der Waals surface area contributed by atoms with Crippen LogP contribution in [0.2, 0.25) is 0 Å². The Morgan fingerprint density at radius 3 is 2.52 bits per heavy atom. The summed E-state index contributed by atoms with van der Waals surface area (Å²) in [4.78, 5) is 28.2. The van der Waals surface area contributed by atoms with Gasteiger partial charge in [0.1, 0.15) is 5.75 Å². The lowest BCUT2D eigenvalue weighted by Gasteiger charge is -2.34. The zero-order chi connectivity index (χ0) is 19.6. The van der Waals surface area contributed by atoms with E-state index in [4.69, 9.17) is 4.74 Å². The Morgan fingerprint density at radius 2 is 1.89 bits per heavy atom. The van der Waals surface area contributed by atoms with Crippen molar-refractivity contribution in [1.29, 1.82) is 0 Å². The van der Waals surface area contributed by atoms with E-state index in [1.807, 2.05) is 13.0 Å². The molecule has 0 radical (unpaired) electrons. The summed E-state index contributed by atoms with van der Waals surface area (Å²) in [6.07, 6.45) is -4.30. The van der Waals surface area contributed by atoms with Gasteiger partial charge >= 0.3 is 6.18 Å². The fourth-order valence-corrected chi connectivity index (χ4v) is 3.75. The number of piperidine rings is 1. The first-order chi connectivity index (χ1) is 12.8. The van der Waals surface area contributed by atoms with Crippen LogP contribution >= 0.6 is 0 Å². The van der Waals surface area contributed by atoms with Crippen LogP contribution in [0.3, 0.4) is 0 Å². The summed E-state index contributed by atoms with van der Waals surface area (Å²) < 4.78 is 43.9. The number of hydrogen-bond donors (Lipinski definition) is 0. The van der Waals surface area contributed by atoms with Crippen molar-refractivity contribution in [3.8, 4) is 5.75 Å². The predicted octanol–water partition coefficient (Wildman–Crippen LogP) is 3.24. The molecule has 0 N–H and O–H groups in total. The predicted molar refractivity (Wildman–Crippen MR) is 93.4 cm³/mol. The van der Waals surface area contributed by atoms with Gasteiger partial charge in [-0.25, -0.2) is 0 Å². The quantitative estimate of drug-likeness (QED) is 0.801. The average molecular weight is 384 g/mol. The number of carbonyl (C=O) groups is 2. The lowest BCUT2D eigenvalue weighted by atomic mass is 9.95. The average Bonchev–Trinajstić information content (AvgIpc) is 3.03. The van der Waals surface area contributed by atoms with Crippen molar-refractivity contribution in [1.82, 2.24) is 4.90 Å². The van der Waals surface area contributed by atoms with Gasteiger partial charge in [0, 0.05) is 26.1 Å². The molecule has 3 rings (SSSR count). The highest BCUT2D eigenvalue weighted by atomic mass is 19.4. The number of benzene rings is 1. The van der Waals surface area contributed by atoms with E-state index in [1.165, 1.54) is 9.80 Å². The number of halogens is 3. The highest BCUT2D eigenvalue weighted by Crippen LogP contribution is 2.36. The minimum absolute atomic E-state index is 0.0679. The maximum atomic E-state index is 12.8. The van der Waals surface area contributed by atoms with E-state index in [9.17, 15) is 22.8 Å². The fraction of sp³-hybridized carbons (Fsp3) is 0.579. The first-order valence-corrected chi connectivity index (χ1v) is 9.19. The van der Waals surface area contributed by atoms with Crippen molar-refractivity contribution >= 4 is 17.5 Å². The number of anilines is 1. The molecule has 27 heavy (non-hydrogen) atoms. The third-order valence-corrected chi connectivity index (χ3v) is 5.20. The molecule has 1 unspecified atom stereocenters. The summed E-state index contributed by atoms with van der Waals surface area (Å²) in [5, 5.41) is 0. The Labute approximate surface area is 156 Å². The van der Waals surface area contributed by atoms with Crippen LogP contribution in [0.25, 0.3) is 0 Å². The van der Waals surface area contributed by atoms with Crippen molar-refractivity contribution in [2.24, 2.45) is 11.8 Å². The number of para-hydroxylation sites is 2. The number of hydrogen-bond acceptors (Lipinski definition) is 3. The van der Waals surface area contributed by atoms with Gasteiger partial charge in [0.25, 0.3) is 0 Å². The monoisotopic (exact) mass is 384 g/mol. The largest absolute Gasteiger partial charge is 0.492 e. The smallest absolute Gasteiger partial charge is 0.391 e. The lowest BCUT2D eigenvalue weighted by Crippen LogP contribution is -2.45. The molecule has 2 heterocycles. The number of amides is 2. The van der Waals surface area contributed by atoms with Gasteiger partial charge in [0.05, 0.1) is 24.1 Å². The van der Waals surface area contributed by atoms with Crippen molar-refractivity contribution in [2.75, 3.05) is 31.1 Å². The Morgan fingerprint density at radius 1 is 1.22 bits per heavy atom. The number of likely N-dealkylation sites (tertiary alicyclic amines) is 1. The second kappa shape index (κ2) is 7.78. The van der Waals surface area contributed by atoms with Gasteiger partial charge in [-0.05, 0) is 31.9 Å². The first kappa shape index (κ1) is 19.5. The minimum Gasteiger partial charge on any atom is -0.492 e. The van der Waals surface area contributed by atoms with Crippen LogP contribution in [0.5, 0.6) is 5.75 Å². The SMILES string of the molecule is CCOc1ccccc1N1CC(C(=O)N2CCC(C(F)(F)F)CC2)CC1=O.